The maximum absolute atomic E-state index is 4.32. The van der Waals surface area contributed by atoms with Crippen molar-refractivity contribution in [3.63, 3.8) is 0 Å². The highest BCUT2D eigenvalue weighted by Crippen LogP contribution is 2.32. The summed E-state index contributed by atoms with van der Waals surface area (Å²) in [6.07, 6.45) is 9.47. The van der Waals surface area contributed by atoms with Crippen LogP contribution in [0.5, 0.6) is 0 Å². The monoisotopic (exact) mass is 245 g/mol. The van der Waals surface area contributed by atoms with Crippen LogP contribution >= 0.6 is 0 Å². The van der Waals surface area contributed by atoms with E-state index in [1.165, 1.54) is 43.5 Å². The average Bonchev–Trinajstić information content (AvgIpc) is 3.28. The molecule has 98 valence electrons. The average molecular weight is 245 g/mol. The van der Waals surface area contributed by atoms with Crippen molar-refractivity contribution in [3.05, 3.63) is 24.0 Å². The molecular formula is C15H23N3. The summed E-state index contributed by atoms with van der Waals surface area (Å²) < 4.78 is 0. The van der Waals surface area contributed by atoms with Crippen molar-refractivity contribution in [2.75, 3.05) is 18.0 Å². The van der Waals surface area contributed by atoms with E-state index in [0.717, 1.165) is 25.0 Å². The number of rotatable bonds is 7. The quantitative estimate of drug-likeness (QED) is 0.800. The van der Waals surface area contributed by atoms with E-state index in [1.807, 2.05) is 12.4 Å². The molecule has 0 bridgehead atoms. The van der Waals surface area contributed by atoms with Gasteiger partial charge < -0.3 is 10.2 Å². The van der Waals surface area contributed by atoms with Crippen molar-refractivity contribution < 1.29 is 0 Å². The van der Waals surface area contributed by atoms with E-state index < -0.39 is 0 Å². The van der Waals surface area contributed by atoms with Crippen molar-refractivity contribution in [1.29, 1.82) is 0 Å². The molecule has 3 rings (SSSR count). The Morgan fingerprint density at radius 1 is 1.33 bits per heavy atom. The lowest BCUT2D eigenvalue weighted by molar-refractivity contribution is 0.677. The summed E-state index contributed by atoms with van der Waals surface area (Å²) in [6, 6.07) is 2.94. The van der Waals surface area contributed by atoms with Gasteiger partial charge in [-0.25, -0.2) is 0 Å². The van der Waals surface area contributed by atoms with E-state index in [-0.39, 0.29) is 0 Å². The Hall–Kier alpha value is -1.09. The third-order valence-electron chi connectivity index (χ3n) is 3.94. The third-order valence-corrected chi connectivity index (χ3v) is 3.94. The first-order valence-electron chi connectivity index (χ1n) is 7.28. The minimum Gasteiger partial charge on any atom is -0.370 e. The van der Waals surface area contributed by atoms with Gasteiger partial charge in [0.15, 0.2) is 0 Å². The lowest BCUT2D eigenvalue weighted by Gasteiger charge is -2.25. The first-order valence-corrected chi connectivity index (χ1v) is 7.28. The van der Waals surface area contributed by atoms with Gasteiger partial charge in [-0.05, 0) is 50.2 Å². The molecule has 0 amide bonds. The molecule has 0 radical (unpaired) electrons. The smallest absolute Gasteiger partial charge is 0.0598 e. The highest BCUT2D eigenvalue weighted by molar-refractivity contribution is 5.51. The summed E-state index contributed by atoms with van der Waals surface area (Å²) in [5.74, 6) is 0.925. The zero-order valence-corrected chi connectivity index (χ0v) is 11.2. The summed E-state index contributed by atoms with van der Waals surface area (Å²) >= 11 is 0. The zero-order chi connectivity index (χ0) is 12.4. The minimum atomic E-state index is 0.768. The molecule has 0 unspecified atom stereocenters. The van der Waals surface area contributed by atoms with Crippen LogP contribution in [-0.2, 0) is 6.54 Å². The Morgan fingerprint density at radius 2 is 2.17 bits per heavy atom. The Labute approximate surface area is 110 Å². The third kappa shape index (κ3) is 3.02. The van der Waals surface area contributed by atoms with Crippen LogP contribution in [0.1, 0.15) is 38.2 Å². The number of aromatic nitrogens is 1. The van der Waals surface area contributed by atoms with Crippen molar-refractivity contribution in [1.82, 2.24) is 10.3 Å². The number of pyridine rings is 1. The number of hydrogen-bond acceptors (Lipinski definition) is 3. The van der Waals surface area contributed by atoms with Crippen molar-refractivity contribution in [3.8, 4) is 0 Å². The molecule has 0 aromatic carbocycles. The summed E-state index contributed by atoms with van der Waals surface area (Å²) in [7, 11) is 0. The Bertz CT molecular complexity index is 396. The van der Waals surface area contributed by atoms with Gasteiger partial charge in [0.1, 0.15) is 0 Å². The molecule has 18 heavy (non-hydrogen) atoms. The fraction of sp³-hybridized carbons (Fsp3) is 0.667. The molecule has 1 heterocycles. The van der Waals surface area contributed by atoms with Gasteiger partial charge in [0.05, 0.1) is 11.9 Å². The van der Waals surface area contributed by atoms with E-state index in [9.17, 15) is 0 Å². The van der Waals surface area contributed by atoms with Gasteiger partial charge in [0, 0.05) is 31.9 Å². The lowest BCUT2D eigenvalue weighted by Crippen LogP contribution is -2.27. The second-order valence-electron chi connectivity index (χ2n) is 5.64. The molecule has 2 saturated carbocycles. The van der Waals surface area contributed by atoms with Gasteiger partial charge in [-0.2, -0.15) is 0 Å². The molecule has 0 spiro atoms. The van der Waals surface area contributed by atoms with Gasteiger partial charge in [0.2, 0.25) is 0 Å². The fourth-order valence-corrected chi connectivity index (χ4v) is 2.40. The number of nitrogens with one attached hydrogen (secondary N) is 1. The van der Waals surface area contributed by atoms with Gasteiger partial charge in [0.25, 0.3) is 0 Å². The summed E-state index contributed by atoms with van der Waals surface area (Å²) in [6.45, 7) is 5.52. The second kappa shape index (κ2) is 5.27. The molecule has 1 aromatic rings. The molecule has 0 atom stereocenters. The van der Waals surface area contributed by atoms with Crippen LogP contribution in [0.25, 0.3) is 0 Å². The molecule has 1 N–H and O–H groups in total. The molecule has 0 aliphatic heterocycles. The highest BCUT2D eigenvalue weighted by Gasteiger charge is 2.25. The van der Waals surface area contributed by atoms with E-state index in [0.29, 0.717) is 0 Å². The summed E-state index contributed by atoms with van der Waals surface area (Å²) in [5.41, 5.74) is 2.74. The van der Waals surface area contributed by atoms with Gasteiger partial charge >= 0.3 is 0 Å². The minimum absolute atomic E-state index is 0.768. The fourth-order valence-electron chi connectivity index (χ4n) is 2.40. The Morgan fingerprint density at radius 3 is 2.83 bits per heavy atom. The van der Waals surface area contributed by atoms with Gasteiger partial charge in [-0.15, -0.1) is 0 Å². The van der Waals surface area contributed by atoms with Gasteiger partial charge in [-0.3, -0.25) is 4.98 Å². The molecule has 1 aromatic heterocycles. The van der Waals surface area contributed by atoms with Gasteiger partial charge in [-0.1, -0.05) is 0 Å². The molecule has 2 aliphatic rings. The van der Waals surface area contributed by atoms with Crippen molar-refractivity contribution in [2.45, 2.75) is 45.2 Å². The maximum atomic E-state index is 4.32. The molecular weight excluding hydrogens is 222 g/mol. The largest absolute Gasteiger partial charge is 0.370 e. The number of nitrogens with zero attached hydrogens (tertiary/aromatic N) is 2. The van der Waals surface area contributed by atoms with Crippen LogP contribution in [0.2, 0.25) is 0 Å². The Balaban J connectivity index is 1.70. The number of hydrogen-bond donors (Lipinski definition) is 1. The van der Waals surface area contributed by atoms with E-state index in [4.69, 9.17) is 0 Å². The van der Waals surface area contributed by atoms with Crippen LogP contribution in [0.3, 0.4) is 0 Å². The molecule has 2 fully saturated rings. The molecule has 3 nitrogen and oxygen atoms in total. The predicted molar refractivity (Wildman–Crippen MR) is 74.7 cm³/mol. The zero-order valence-electron chi connectivity index (χ0n) is 11.2. The normalized spacial score (nSPS) is 18.9. The van der Waals surface area contributed by atoms with Crippen LogP contribution < -0.4 is 10.2 Å². The second-order valence-corrected chi connectivity index (χ2v) is 5.64. The van der Waals surface area contributed by atoms with Crippen LogP contribution in [0.15, 0.2) is 18.5 Å². The first-order chi connectivity index (χ1) is 8.86. The number of anilines is 1. The Kier molecular flexibility index (Phi) is 3.50. The molecule has 0 saturated heterocycles. The van der Waals surface area contributed by atoms with Crippen LogP contribution in [0.4, 0.5) is 5.69 Å². The maximum Gasteiger partial charge on any atom is 0.0598 e. The van der Waals surface area contributed by atoms with E-state index in [1.54, 1.807) is 0 Å². The SMILES string of the molecule is CCN(CC1CC1)c1cnccc1CNC1CC1. The molecule has 3 heteroatoms. The van der Waals surface area contributed by atoms with E-state index >= 15 is 0 Å². The summed E-state index contributed by atoms with van der Waals surface area (Å²) in [5, 5.41) is 3.61. The van der Waals surface area contributed by atoms with E-state index in [2.05, 4.69) is 28.2 Å². The van der Waals surface area contributed by atoms with Crippen molar-refractivity contribution >= 4 is 5.69 Å². The highest BCUT2D eigenvalue weighted by atomic mass is 15.1. The predicted octanol–water partition coefficient (Wildman–Crippen LogP) is 2.57. The van der Waals surface area contributed by atoms with Crippen LogP contribution in [0, 0.1) is 5.92 Å². The first kappa shape index (κ1) is 12.0. The molecule has 2 aliphatic carbocycles. The standard InChI is InChI=1S/C15H23N3/c1-2-18(11-12-3-4-12)15-10-16-8-7-13(15)9-17-14-5-6-14/h7-8,10,12,14,17H,2-6,9,11H2,1H3. The van der Waals surface area contributed by atoms with Crippen molar-refractivity contribution in [2.24, 2.45) is 5.92 Å². The topological polar surface area (TPSA) is 28.2 Å². The van der Waals surface area contributed by atoms with Crippen LogP contribution in [-0.4, -0.2) is 24.1 Å². The lowest BCUT2D eigenvalue weighted by atomic mass is 10.2. The summed E-state index contributed by atoms with van der Waals surface area (Å²) in [4.78, 5) is 6.81.